The summed E-state index contributed by atoms with van der Waals surface area (Å²) in [5.74, 6) is -0.278. The quantitative estimate of drug-likeness (QED) is 0.359. The number of carbonyl (C=O) groups excluding carboxylic acids is 3. The number of hydrogen-bond donors (Lipinski definition) is 1. The number of thioether (sulfide) groups is 1. The van der Waals surface area contributed by atoms with E-state index in [-0.39, 0.29) is 18.6 Å². The number of esters is 1. The van der Waals surface area contributed by atoms with Crippen LogP contribution >= 0.6 is 11.8 Å². The van der Waals surface area contributed by atoms with Crippen molar-refractivity contribution < 1.29 is 28.6 Å². The van der Waals surface area contributed by atoms with Crippen LogP contribution in [-0.4, -0.2) is 44.7 Å². The minimum atomic E-state index is -0.615. The van der Waals surface area contributed by atoms with Crippen LogP contribution in [0.25, 0.3) is 0 Å². The Bertz CT molecular complexity index is 866. The first kappa shape index (κ1) is 22.3. The lowest BCUT2D eigenvalue weighted by atomic mass is 10.1. The Morgan fingerprint density at radius 2 is 1.69 bits per heavy atom. The van der Waals surface area contributed by atoms with Crippen molar-refractivity contribution in [2.24, 2.45) is 0 Å². The molecule has 7 nitrogen and oxygen atoms in total. The topological polar surface area (TPSA) is 90.9 Å². The first-order valence-electron chi connectivity index (χ1n) is 8.81. The molecule has 1 amide bonds. The Kier molecular flexibility index (Phi) is 8.54. The van der Waals surface area contributed by atoms with Gasteiger partial charge in [-0.15, -0.1) is 11.8 Å². The van der Waals surface area contributed by atoms with Gasteiger partial charge in [0.15, 0.2) is 12.4 Å². The van der Waals surface area contributed by atoms with Crippen LogP contribution in [0, 0.1) is 0 Å². The van der Waals surface area contributed by atoms with Gasteiger partial charge in [-0.25, -0.2) is 0 Å². The third-order valence-electron chi connectivity index (χ3n) is 4.02. The highest BCUT2D eigenvalue weighted by Crippen LogP contribution is 2.28. The summed E-state index contributed by atoms with van der Waals surface area (Å²) in [6.07, 6.45) is 1.88. The molecule has 29 heavy (non-hydrogen) atoms. The smallest absolute Gasteiger partial charge is 0.306 e. The molecule has 0 bridgehead atoms. The van der Waals surface area contributed by atoms with Gasteiger partial charge in [-0.05, 0) is 30.5 Å². The summed E-state index contributed by atoms with van der Waals surface area (Å²) in [5, 5.41) is 2.60. The molecule has 8 heteroatoms. The molecule has 0 saturated heterocycles. The molecule has 0 fully saturated rings. The van der Waals surface area contributed by atoms with Crippen molar-refractivity contribution in [3.63, 3.8) is 0 Å². The molecule has 0 aliphatic heterocycles. The van der Waals surface area contributed by atoms with Crippen LogP contribution in [0.2, 0.25) is 0 Å². The fourth-order valence-electron chi connectivity index (χ4n) is 2.44. The summed E-state index contributed by atoms with van der Waals surface area (Å²) in [6.45, 7) is -0.454. The summed E-state index contributed by atoms with van der Waals surface area (Å²) < 4.78 is 15.2. The van der Waals surface area contributed by atoms with E-state index in [4.69, 9.17) is 14.2 Å². The van der Waals surface area contributed by atoms with Crippen molar-refractivity contribution in [3.05, 3.63) is 48.0 Å². The Morgan fingerprint density at radius 1 is 0.966 bits per heavy atom. The minimum absolute atomic E-state index is 0.0192. The monoisotopic (exact) mass is 417 g/mol. The number of anilines is 1. The zero-order valence-corrected chi connectivity index (χ0v) is 17.3. The summed E-state index contributed by atoms with van der Waals surface area (Å²) in [5.41, 5.74) is 0.971. The molecule has 0 saturated carbocycles. The molecule has 0 atom stereocenters. The van der Waals surface area contributed by atoms with E-state index < -0.39 is 18.5 Å². The molecule has 2 rings (SSSR count). The van der Waals surface area contributed by atoms with Crippen LogP contribution in [0.5, 0.6) is 11.5 Å². The van der Waals surface area contributed by atoms with Crippen molar-refractivity contribution in [2.45, 2.75) is 17.7 Å². The Balaban J connectivity index is 1.78. The molecule has 0 heterocycles. The minimum Gasteiger partial charge on any atom is -0.497 e. The maximum Gasteiger partial charge on any atom is 0.306 e. The van der Waals surface area contributed by atoms with Crippen molar-refractivity contribution in [3.8, 4) is 11.5 Å². The first-order valence-corrected chi connectivity index (χ1v) is 10.0. The number of amides is 1. The molecule has 154 valence electrons. The zero-order chi connectivity index (χ0) is 21.2. The molecule has 0 aliphatic carbocycles. The predicted molar refractivity (Wildman–Crippen MR) is 111 cm³/mol. The summed E-state index contributed by atoms with van der Waals surface area (Å²) in [6, 6.07) is 12.1. The van der Waals surface area contributed by atoms with Crippen molar-refractivity contribution >= 4 is 35.1 Å². The van der Waals surface area contributed by atoms with Gasteiger partial charge in [-0.2, -0.15) is 0 Å². The van der Waals surface area contributed by atoms with E-state index >= 15 is 0 Å². The van der Waals surface area contributed by atoms with Crippen LogP contribution < -0.4 is 14.8 Å². The molecule has 2 aromatic carbocycles. The maximum atomic E-state index is 12.1. The van der Waals surface area contributed by atoms with Gasteiger partial charge in [0.1, 0.15) is 11.5 Å². The van der Waals surface area contributed by atoms with Crippen LogP contribution in [-0.2, 0) is 14.3 Å². The number of methoxy groups -OCH3 is 2. The number of carbonyl (C=O) groups is 3. The molecule has 0 aliphatic rings. The Morgan fingerprint density at radius 3 is 2.31 bits per heavy atom. The van der Waals surface area contributed by atoms with Gasteiger partial charge in [-0.3, -0.25) is 14.4 Å². The fraction of sp³-hybridized carbons (Fsp3) is 0.286. The van der Waals surface area contributed by atoms with Gasteiger partial charge in [0.2, 0.25) is 0 Å². The second-order valence-corrected chi connectivity index (χ2v) is 6.81. The standard InChI is InChI=1S/C21H23NO6S/c1-26-15-6-9-17(19(12-15)27-2)22-20(24)13-28-21(25)11-10-18(23)14-4-7-16(29-3)8-5-14/h4-9,12H,10-11,13H2,1-3H3,(H,22,24). The summed E-state index contributed by atoms with van der Waals surface area (Å²) >= 11 is 1.58. The van der Waals surface area contributed by atoms with Crippen molar-refractivity contribution in [1.29, 1.82) is 0 Å². The van der Waals surface area contributed by atoms with Gasteiger partial charge >= 0.3 is 5.97 Å². The van der Waals surface area contributed by atoms with Crippen LogP contribution in [0.3, 0.4) is 0 Å². The third-order valence-corrected chi connectivity index (χ3v) is 4.76. The lowest BCUT2D eigenvalue weighted by Crippen LogP contribution is -2.21. The number of nitrogens with one attached hydrogen (secondary N) is 1. The van der Waals surface area contributed by atoms with Crippen molar-refractivity contribution in [1.82, 2.24) is 0 Å². The molecule has 0 spiro atoms. The van der Waals surface area contributed by atoms with E-state index in [0.29, 0.717) is 22.7 Å². The van der Waals surface area contributed by atoms with Gasteiger partial charge in [-0.1, -0.05) is 12.1 Å². The van der Waals surface area contributed by atoms with E-state index in [9.17, 15) is 14.4 Å². The van der Waals surface area contributed by atoms with Crippen LogP contribution in [0.1, 0.15) is 23.2 Å². The summed E-state index contributed by atoms with van der Waals surface area (Å²) in [7, 11) is 2.99. The highest BCUT2D eigenvalue weighted by molar-refractivity contribution is 7.98. The average molecular weight is 417 g/mol. The molecule has 0 unspecified atom stereocenters. The van der Waals surface area contributed by atoms with Gasteiger partial charge < -0.3 is 19.5 Å². The Labute approximate surface area is 173 Å². The van der Waals surface area contributed by atoms with Crippen LogP contribution in [0.4, 0.5) is 5.69 Å². The van der Waals surface area contributed by atoms with E-state index in [1.54, 1.807) is 42.1 Å². The second kappa shape index (κ2) is 11.1. The fourth-order valence-corrected chi connectivity index (χ4v) is 2.85. The number of benzene rings is 2. The van der Waals surface area contributed by atoms with E-state index in [2.05, 4.69) is 5.32 Å². The van der Waals surface area contributed by atoms with Crippen molar-refractivity contribution in [2.75, 3.05) is 32.4 Å². The van der Waals surface area contributed by atoms with E-state index in [0.717, 1.165) is 4.90 Å². The van der Waals surface area contributed by atoms with Gasteiger partial charge in [0.05, 0.1) is 26.3 Å². The summed E-state index contributed by atoms with van der Waals surface area (Å²) in [4.78, 5) is 37.0. The third kappa shape index (κ3) is 6.83. The maximum absolute atomic E-state index is 12.1. The molecule has 2 aromatic rings. The number of hydrogen-bond acceptors (Lipinski definition) is 7. The number of rotatable bonds is 10. The Hall–Kier alpha value is -3.00. The molecular weight excluding hydrogens is 394 g/mol. The lowest BCUT2D eigenvalue weighted by Gasteiger charge is -2.11. The highest BCUT2D eigenvalue weighted by Gasteiger charge is 2.13. The highest BCUT2D eigenvalue weighted by atomic mass is 32.2. The average Bonchev–Trinajstić information content (AvgIpc) is 2.76. The molecule has 1 N–H and O–H groups in total. The number of ether oxygens (including phenoxy) is 3. The molecular formula is C21H23NO6S. The van der Waals surface area contributed by atoms with Gasteiger partial charge in [0.25, 0.3) is 5.91 Å². The molecule has 0 aromatic heterocycles. The van der Waals surface area contributed by atoms with E-state index in [1.165, 1.54) is 14.2 Å². The largest absolute Gasteiger partial charge is 0.497 e. The SMILES string of the molecule is COc1ccc(NC(=O)COC(=O)CCC(=O)c2ccc(SC)cc2)c(OC)c1. The van der Waals surface area contributed by atoms with E-state index in [1.807, 2.05) is 18.4 Å². The number of Topliss-reactive ketones (excluding diaryl/α,β-unsaturated/α-hetero) is 1. The second-order valence-electron chi connectivity index (χ2n) is 5.93. The lowest BCUT2D eigenvalue weighted by molar-refractivity contribution is -0.147. The predicted octanol–water partition coefficient (Wildman–Crippen LogP) is 3.57. The van der Waals surface area contributed by atoms with Crippen LogP contribution in [0.15, 0.2) is 47.4 Å². The van der Waals surface area contributed by atoms with Gasteiger partial charge in [0, 0.05) is 22.9 Å². The first-order chi connectivity index (χ1) is 14.0. The zero-order valence-electron chi connectivity index (χ0n) is 16.5. The molecule has 0 radical (unpaired) electrons. The number of ketones is 1. The normalized spacial score (nSPS) is 10.2.